The number of anilines is 2. The van der Waals surface area contributed by atoms with Crippen LogP contribution in [0.2, 0.25) is 5.02 Å². The van der Waals surface area contributed by atoms with Gasteiger partial charge in [0.05, 0.1) is 5.52 Å². The first-order valence-corrected chi connectivity index (χ1v) is 8.09. The topological polar surface area (TPSA) is 80.9 Å². The van der Waals surface area contributed by atoms with E-state index in [2.05, 4.69) is 15.3 Å². The molecule has 2 aromatic heterocycles. The number of amides is 1. The average molecular weight is 367 g/mol. The highest BCUT2D eigenvalue weighted by molar-refractivity contribution is 6.30. The SMILES string of the molecule is NC(=O)c1ccc2c(c1)nc(Nc1cc(F)cc(Cl)c1)c1ccncc12. The van der Waals surface area contributed by atoms with E-state index in [0.29, 0.717) is 22.6 Å². The fraction of sp³-hybridized carbons (Fsp3) is 0. The average Bonchev–Trinajstić information content (AvgIpc) is 2.60. The maximum absolute atomic E-state index is 13.6. The van der Waals surface area contributed by atoms with E-state index in [1.54, 1.807) is 36.7 Å². The van der Waals surface area contributed by atoms with Crippen molar-refractivity contribution in [3.8, 4) is 0 Å². The lowest BCUT2D eigenvalue weighted by Crippen LogP contribution is -2.10. The molecule has 4 aromatic rings. The maximum Gasteiger partial charge on any atom is 0.248 e. The summed E-state index contributed by atoms with van der Waals surface area (Å²) in [5.74, 6) is -0.493. The van der Waals surface area contributed by atoms with Crippen LogP contribution in [0.15, 0.2) is 54.9 Å². The molecule has 5 nitrogen and oxygen atoms in total. The third-order valence-corrected chi connectivity index (χ3v) is 4.22. The highest BCUT2D eigenvalue weighted by atomic mass is 35.5. The monoisotopic (exact) mass is 366 g/mol. The van der Waals surface area contributed by atoms with Gasteiger partial charge in [-0.3, -0.25) is 9.78 Å². The van der Waals surface area contributed by atoms with E-state index in [9.17, 15) is 9.18 Å². The van der Waals surface area contributed by atoms with Crippen LogP contribution < -0.4 is 11.1 Å². The predicted molar refractivity (Wildman–Crippen MR) is 100 cm³/mol. The lowest BCUT2D eigenvalue weighted by Gasteiger charge is -2.12. The molecule has 0 bridgehead atoms. The molecule has 3 N–H and O–H groups in total. The zero-order valence-electron chi connectivity index (χ0n) is 13.3. The molecule has 7 heteroatoms. The number of carbonyl (C=O) groups excluding carboxylic acids is 1. The first-order valence-electron chi connectivity index (χ1n) is 7.72. The standard InChI is InChI=1S/C19H12ClFN4O/c20-11-6-12(21)8-13(7-11)24-19-15-3-4-23-9-16(15)14-2-1-10(18(22)26)5-17(14)25-19/h1-9H,(H2,22,26)(H,24,25). The Morgan fingerprint density at radius 2 is 1.92 bits per heavy atom. The summed E-state index contributed by atoms with van der Waals surface area (Å²) in [4.78, 5) is 20.2. The second-order valence-electron chi connectivity index (χ2n) is 5.76. The van der Waals surface area contributed by atoms with Gasteiger partial charge in [0, 0.05) is 44.8 Å². The molecule has 0 fully saturated rings. The second-order valence-corrected chi connectivity index (χ2v) is 6.20. The molecule has 2 aromatic carbocycles. The molecule has 2 heterocycles. The Bertz CT molecular complexity index is 1160. The third kappa shape index (κ3) is 2.91. The predicted octanol–water partition coefficient (Wildman–Crippen LogP) is 4.42. The van der Waals surface area contributed by atoms with Crippen molar-refractivity contribution in [3.63, 3.8) is 0 Å². The number of nitrogens with zero attached hydrogens (tertiary/aromatic N) is 2. The summed E-state index contributed by atoms with van der Waals surface area (Å²) in [6, 6.07) is 11.0. The number of hydrogen-bond acceptors (Lipinski definition) is 4. The highest BCUT2D eigenvalue weighted by Gasteiger charge is 2.11. The minimum atomic E-state index is -0.536. The number of carbonyl (C=O) groups is 1. The fourth-order valence-electron chi connectivity index (χ4n) is 2.86. The second kappa shape index (κ2) is 6.24. The van der Waals surface area contributed by atoms with Crippen LogP contribution in [0.5, 0.6) is 0 Å². The van der Waals surface area contributed by atoms with Gasteiger partial charge >= 0.3 is 0 Å². The van der Waals surface area contributed by atoms with Gasteiger partial charge in [0.15, 0.2) is 0 Å². The molecule has 0 aliphatic heterocycles. The summed E-state index contributed by atoms with van der Waals surface area (Å²) in [6.45, 7) is 0. The molecule has 0 atom stereocenters. The van der Waals surface area contributed by atoms with Crippen molar-refractivity contribution in [1.82, 2.24) is 9.97 Å². The Hall–Kier alpha value is -3.25. The van der Waals surface area contributed by atoms with Crippen molar-refractivity contribution < 1.29 is 9.18 Å². The minimum absolute atomic E-state index is 0.273. The molecular formula is C19H12ClFN4O. The molecular weight excluding hydrogens is 355 g/mol. The van der Waals surface area contributed by atoms with E-state index in [4.69, 9.17) is 17.3 Å². The number of halogens is 2. The minimum Gasteiger partial charge on any atom is -0.366 e. The number of fused-ring (bicyclic) bond motifs is 3. The van der Waals surface area contributed by atoms with Crippen LogP contribution in [0.1, 0.15) is 10.4 Å². The molecule has 26 heavy (non-hydrogen) atoms. The molecule has 0 aliphatic rings. The Morgan fingerprint density at radius 3 is 2.69 bits per heavy atom. The van der Waals surface area contributed by atoms with Crippen LogP contribution in [0.3, 0.4) is 0 Å². The van der Waals surface area contributed by atoms with E-state index in [0.717, 1.165) is 16.2 Å². The van der Waals surface area contributed by atoms with Crippen molar-refractivity contribution >= 4 is 50.7 Å². The van der Waals surface area contributed by atoms with E-state index in [1.165, 1.54) is 12.1 Å². The van der Waals surface area contributed by atoms with Gasteiger partial charge in [0.25, 0.3) is 0 Å². The first kappa shape index (κ1) is 16.2. The summed E-state index contributed by atoms with van der Waals surface area (Å²) in [7, 11) is 0. The highest BCUT2D eigenvalue weighted by Crippen LogP contribution is 2.31. The van der Waals surface area contributed by atoms with Gasteiger partial charge in [0.1, 0.15) is 11.6 Å². The Morgan fingerprint density at radius 1 is 1.08 bits per heavy atom. The Kier molecular flexibility index (Phi) is 3.89. The van der Waals surface area contributed by atoms with Gasteiger partial charge < -0.3 is 11.1 Å². The van der Waals surface area contributed by atoms with E-state index < -0.39 is 11.7 Å². The van der Waals surface area contributed by atoms with E-state index in [1.807, 2.05) is 6.07 Å². The molecule has 0 radical (unpaired) electrons. The zero-order chi connectivity index (χ0) is 18.3. The van der Waals surface area contributed by atoms with Gasteiger partial charge in [-0.05, 0) is 36.4 Å². The van der Waals surface area contributed by atoms with Crippen LogP contribution in [-0.2, 0) is 0 Å². The zero-order valence-corrected chi connectivity index (χ0v) is 14.1. The quantitative estimate of drug-likeness (QED) is 0.526. The van der Waals surface area contributed by atoms with Crippen LogP contribution in [0.25, 0.3) is 21.7 Å². The summed E-state index contributed by atoms with van der Waals surface area (Å²) < 4.78 is 13.6. The number of primary amides is 1. The number of hydrogen-bond donors (Lipinski definition) is 2. The molecule has 1 amide bonds. The normalized spacial score (nSPS) is 11.0. The van der Waals surface area contributed by atoms with Gasteiger partial charge in [-0.2, -0.15) is 0 Å². The van der Waals surface area contributed by atoms with Crippen LogP contribution in [0, 0.1) is 5.82 Å². The van der Waals surface area contributed by atoms with Crippen LogP contribution >= 0.6 is 11.6 Å². The van der Waals surface area contributed by atoms with Crippen LogP contribution in [-0.4, -0.2) is 15.9 Å². The number of nitrogens with one attached hydrogen (secondary N) is 1. The number of benzene rings is 2. The van der Waals surface area contributed by atoms with Gasteiger partial charge in [-0.1, -0.05) is 17.7 Å². The van der Waals surface area contributed by atoms with Crippen LogP contribution in [0.4, 0.5) is 15.9 Å². The van der Waals surface area contributed by atoms with E-state index in [-0.39, 0.29) is 5.02 Å². The summed E-state index contributed by atoms with van der Waals surface area (Å²) >= 11 is 5.92. The van der Waals surface area contributed by atoms with Gasteiger partial charge in [-0.25, -0.2) is 9.37 Å². The smallest absolute Gasteiger partial charge is 0.248 e. The Labute approximate surface area is 152 Å². The number of nitrogens with two attached hydrogens (primary N) is 1. The molecule has 0 unspecified atom stereocenters. The lowest BCUT2D eigenvalue weighted by molar-refractivity contribution is 0.100. The van der Waals surface area contributed by atoms with Gasteiger partial charge in [-0.15, -0.1) is 0 Å². The van der Waals surface area contributed by atoms with Crippen molar-refractivity contribution in [2.45, 2.75) is 0 Å². The van der Waals surface area contributed by atoms with Crippen molar-refractivity contribution in [2.75, 3.05) is 5.32 Å². The largest absolute Gasteiger partial charge is 0.366 e. The fourth-order valence-corrected chi connectivity index (χ4v) is 3.08. The molecule has 128 valence electrons. The van der Waals surface area contributed by atoms with Crippen molar-refractivity contribution in [3.05, 3.63) is 71.3 Å². The number of rotatable bonds is 3. The maximum atomic E-state index is 13.6. The molecule has 0 saturated carbocycles. The third-order valence-electron chi connectivity index (χ3n) is 4.01. The van der Waals surface area contributed by atoms with E-state index >= 15 is 0 Å². The molecule has 0 aliphatic carbocycles. The van der Waals surface area contributed by atoms with Crippen molar-refractivity contribution in [2.24, 2.45) is 5.73 Å². The molecule has 0 saturated heterocycles. The summed E-state index contributed by atoms with van der Waals surface area (Å²) in [5.41, 5.74) is 6.76. The number of pyridine rings is 2. The lowest BCUT2D eigenvalue weighted by atomic mass is 10.1. The van der Waals surface area contributed by atoms with Crippen molar-refractivity contribution in [1.29, 1.82) is 0 Å². The Balaban J connectivity index is 1.95. The first-order chi connectivity index (χ1) is 12.5. The summed E-state index contributed by atoms with van der Waals surface area (Å²) in [5, 5.41) is 5.85. The summed E-state index contributed by atoms with van der Waals surface area (Å²) in [6.07, 6.45) is 3.37. The van der Waals surface area contributed by atoms with Gasteiger partial charge in [0.2, 0.25) is 5.91 Å². The molecule has 4 rings (SSSR count). The number of aromatic nitrogens is 2. The molecule has 0 spiro atoms.